The Bertz CT molecular complexity index is 540. The van der Waals surface area contributed by atoms with Crippen LogP contribution in [0.1, 0.15) is 11.5 Å². The molecule has 0 saturated carbocycles. The van der Waals surface area contributed by atoms with Gasteiger partial charge in [0, 0.05) is 5.56 Å². The van der Waals surface area contributed by atoms with Crippen molar-refractivity contribution in [3.8, 4) is 5.75 Å². The molecular weight excluding hydrogens is 266 g/mol. The molecule has 0 fully saturated rings. The van der Waals surface area contributed by atoms with E-state index in [-0.39, 0.29) is 6.61 Å². The second-order valence-electron chi connectivity index (χ2n) is 4.38. The molecule has 1 unspecified atom stereocenters. The van der Waals surface area contributed by atoms with Gasteiger partial charge in [-0.3, -0.25) is 14.4 Å². The average Bonchev–Trinajstić information content (AvgIpc) is 2.79. The molecule has 0 saturated heterocycles. The van der Waals surface area contributed by atoms with Crippen LogP contribution in [0.25, 0.3) is 0 Å². The number of para-hydroxylation sites is 1. The standard InChI is InChI=1S/C13H13NO6/c15-11(16)5-14(6-12(17)18)13(19)9-7-20-10-4-2-1-3-8(9)10/h1-4,9H,5-7H2,(H,15,16)(H,17,18). The number of hydrogen-bond acceptors (Lipinski definition) is 4. The summed E-state index contributed by atoms with van der Waals surface area (Å²) in [5, 5.41) is 17.5. The first kappa shape index (κ1) is 13.9. The van der Waals surface area contributed by atoms with Crippen molar-refractivity contribution in [3.05, 3.63) is 29.8 Å². The Morgan fingerprint density at radius 3 is 2.35 bits per heavy atom. The quantitative estimate of drug-likeness (QED) is 0.795. The number of carboxylic acids is 2. The molecule has 7 heteroatoms. The molecule has 1 aromatic rings. The topological polar surface area (TPSA) is 104 Å². The van der Waals surface area contributed by atoms with E-state index < -0.39 is 36.9 Å². The van der Waals surface area contributed by atoms with E-state index in [1.807, 2.05) is 0 Å². The summed E-state index contributed by atoms with van der Waals surface area (Å²) in [6.07, 6.45) is 0. The molecule has 0 bridgehead atoms. The van der Waals surface area contributed by atoms with E-state index in [1.165, 1.54) is 0 Å². The lowest BCUT2D eigenvalue weighted by Crippen LogP contribution is -2.42. The molecule has 7 nitrogen and oxygen atoms in total. The van der Waals surface area contributed by atoms with Crippen LogP contribution in [0.4, 0.5) is 0 Å². The summed E-state index contributed by atoms with van der Waals surface area (Å²) in [6.45, 7) is -1.21. The normalized spacial score (nSPS) is 16.1. The number of hydrogen-bond donors (Lipinski definition) is 2. The second kappa shape index (κ2) is 5.60. The Hall–Kier alpha value is -2.57. The van der Waals surface area contributed by atoms with Gasteiger partial charge in [-0.25, -0.2) is 0 Å². The van der Waals surface area contributed by atoms with Gasteiger partial charge in [0.25, 0.3) is 0 Å². The number of rotatable bonds is 5. The molecule has 1 aliphatic rings. The maximum atomic E-state index is 12.3. The molecular formula is C13H13NO6. The van der Waals surface area contributed by atoms with Crippen molar-refractivity contribution in [3.63, 3.8) is 0 Å². The van der Waals surface area contributed by atoms with E-state index in [9.17, 15) is 14.4 Å². The van der Waals surface area contributed by atoms with E-state index in [2.05, 4.69) is 0 Å². The van der Waals surface area contributed by atoms with Gasteiger partial charge in [-0.2, -0.15) is 0 Å². The molecule has 1 aromatic carbocycles. The first-order chi connectivity index (χ1) is 9.49. The molecule has 1 aliphatic heterocycles. The largest absolute Gasteiger partial charge is 0.492 e. The molecule has 106 valence electrons. The molecule has 0 spiro atoms. The average molecular weight is 279 g/mol. The Labute approximate surface area is 114 Å². The van der Waals surface area contributed by atoms with Crippen LogP contribution in [-0.2, 0) is 14.4 Å². The van der Waals surface area contributed by atoms with Gasteiger partial charge in [0.1, 0.15) is 31.4 Å². The smallest absolute Gasteiger partial charge is 0.323 e. The number of fused-ring (bicyclic) bond motifs is 1. The summed E-state index contributed by atoms with van der Waals surface area (Å²) in [4.78, 5) is 34.6. The number of benzene rings is 1. The summed E-state index contributed by atoms with van der Waals surface area (Å²) in [5.41, 5.74) is 0.651. The minimum absolute atomic E-state index is 0.0912. The van der Waals surface area contributed by atoms with Crippen molar-refractivity contribution in [2.24, 2.45) is 0 Å². The number of carbonyl (C=O) groups excluding carboxylic acids is 1. The van der Waals surface area contributed by atoms with Crippen LogP contribution in [0.3, 0.4) is 0 Å². The first-order valence-corrected chi connectivity index (χ1v) is 5.93. The molecule has 1 heterocycles. The second-order valence-corrected chi connectivity index (χ2v) is 4.38. The lowest BCUT2D eigenvalue weighted by atomic mass is 10.00. The Kier molecular flexibility index (Phi) is 3.88. The molecule has 1 atom stereocenters. The predicted molar refractivity (Wildman–Crippen MR) is 66.5 cm³/mol. The zero-order valence-corrected chi connectivity index (χ0v) is 10.5. The summed E-state index contributed by atoms with van der Waals surface area (Å²) >= 11 is 0. The zero-order chi connectivity index (χ0) is 14.7. The van der Waals surface area contributed by atoms with Crippen LogP contribution in [0.15, 0.2) is 24.3 Å². The monoisotopic (exact) mass is 279 g/mol. The third kappa shape index (κ3) is 2.87. The van der Waals surface area contributed by atoms with Crippen molar-refractivity contribution in [2.75, 3.05) is 19.7 Å². The molecule has 1 amide bonds. The molecule has 20 heavy (non-hydrogen) atoms. The SMILES string of the molecule is O=C(O)CN(CC(=O)O)C(=O)C1COc2ccccc21. The molecule has 2 rings (SSSR count). The third-order valence-corrected chi connectivity index (χ3v) is 2.96. The van der Waals surface area contributed by atoms with Crippen molar-refractivity contribution in [1.82, 2.24) is 4.90 Å². The fourth-order valence-electron chi connectivity index (χ4n) is 2.13. The zero-order valence-electron chi connectivity index (χ0n) is 10.5. The minimum atomic E-state index is -1.26. The van der Waals surface area contributed by atoms with E-state index in [0.717, 1.165) is 4.90 Å². The Morgan fingerprint density at radius 1 is 1.15 bits per heavy atom. The highest BCUT2D eigenvalue weighted by molar-refractivity contribution is 5.90. The fourth-order valence-corrected chi connectivity index (χ4v) is 2.13. The number of carbonyl (C=O) groups is 3. The minimum Gasteiger partial charge on any atom is -0.492 e. The Morgan fingerprint density at radius 2 is 1.75 bits per heavy atom. The van der Waals surface area contributed by atoms with Gasteiger partial charge in [-0.1, -0.05) is 18.2 Å². The molecule has 0 aliphatic carbocycles. The number of aliphatic carboxylic acids is 2. The van der Waals surface area contributed by atoms with Crippen LogP contribution in [-0.4, -0.2) is 52.7 Å². The number of ether oxygens (including phenoxy) is 1. The number of carboxylic acid groups (broad SMARTS) is 2. The van der Waals surface area contributed by atoms with Crippen molar-refractivity contribution < 1.29 is 29.3 Å². The fraction of sp³-hybridized carbons (Fsp3) is 0.308. The first-order valence-electron chi connectivity index (χ1n) is 5.93. The van der Waals surface area contributed by atoms with Crippen LogP contribution in [0, 0.1) is 0 Å². The summed E-state index contributed by atoms with van der Waals surface area (Å²) < 4.78 is 5.35. The summed E-state index contributed by atoms with van der Waals surface area (Å²) in [5.74, 6) is -3.17. The summed E-state index contributed by atoms with van der Waals surface area (Å²) in [7, 11) is 0. The lowest BCUT2D eigenvalue weighted by molar-refractivity contribution is -0.150. The van der Waals surface area contributed by atoms with Crippen molar-refractivity contribution >= 4 is 17.8 Å². The van der Waals surface area contributed by atoms with Gasteiger partial charge >= 0.3 is 11.9 Å². The highest BCUT2D eigenvalue weighted by atomic mass is 16.5. The van der Waals surface area contributed by atoms with E-state index in [4.69, 9.17) is 14.9 Å². The molecule has 0 aromatic heterocycles. The highest BCUT2D eigenvalue weighted by Gasteiger charge is 2.34. The van der Waals surface area contributed by atoms with Gasteiger partial charge in [0.15, 0.2) is 0 Å². The van der Waals surface area contributed by atoms with Gasteiger partial charge in [-0.15, -0.1) is 0 Å². The maximum Gasteiger partial charge on any atom is 0.323 e. The van der Waals surface area contributed by atoms with E-state index in [1.54, 1.807) is 24.3 Å². The molecule has 2 N–H and O–H groups in total. The third-order valence-electron chi connectivity index (χ3n) is 2.96. The highest BCUT2D eigenvalue weighted by Crippen LogP contribution is 2.34. The van der Waals surface area contributed by atoms with Crippen molar-refractivity contribution in [1.29, 1.82) is 0 Å². The van der Waals surface area contributed by atoms with Crippen LogP contribution < -0.4 is 4.74 Å². The molecule has 0 radical (unpaired) electrons. The summed E-state index contributed by atoms with van der Waals surface area (Å²) in [6, 6.07) is 6.93. The van der Waals surface area contributed by atoms with Crippen LogP contribution in [0.2, 0.25) is 0 Å². The van der Waals surface area contributed by atoms with Crippen LogP contribution in [0.5, 0.6) is 5.75 Å². The Balaban J connectivity index is 2.20. The van der Waals surface area contributed by atoms with Crippen LogP contribution >= 0.6 is 0 Å². The van der Waals surface area contributed by atoms with E-state index in [0.29, 0.717) is 11.3 Å². The van der Waals surface area contributed by atoms with Crippen molar-refractivity contribution in [2.45, 2.75) is 5.92 Å². The number of nitrogens with zero attached hydrogens (tertiary/aromatic N) is 1. The predicted octanol–water partition coefficient (Wildman–Crippen LogP) is 0.160. The lowest BCUT2D eigenvalue weighted by Gasteiger charge is -2.21. The maximum absolute atomic E-state index is 12.3. The van der Waals surface area contributed by atoms with Gasteiger partial charge in [-0.05, 0) is 6.07 Å². The van der Waals surface area contributed by atoms with E-state index >= 15 is 0 Å². The number of amides is 1. The van der Waals surface area contributed by atoms with Gasteiger partial charge in [0.05, 0.1) is 0 Å². The van der Waals surface area contributed by atoms with Gasteiger partial charge < -0.3 is 19.8 Å². The van der Waals surface area contributed by atoms with Gasteiger partial charge in [0.2, 0.25) is 5.91 Å².